The highest BCUT2D eigenvalue weighted by Gasteiger charge is 2.11. The van der Waals surface area contributed by atoms with Crippen LogP contribution in [0.4, 0.5) is 5.69 Å². The van der Waals surface area contributed by atoms with Gasteiger partial charge in [0, 0.05) is 5.69 Å². The number of rotatable bonds is 5. The number of halogens is 1. The van der Waals surface area contributed by atoms with Crippen LogP contribution in [0.5, 0.6) is 0 Å². The summed E-state index contributed by atoms with van der Waals surface area (Å²) in [7, 11) is 0. The molecule has 16 heavy (non-hydrogen) atoms. The quantitative estimate of drug-likeness (QED) is 0.502. The van der Waals surface area contributed by atoms with Crippen LogP contribution in [0.15, 0.2) is 18.2 Å². The zero-order chi connectivity index (χ0) is 12.0. The summed E-state index contributed by atoms with van der Waals surface area (Å²) < 4.78 is 5.07. The maximum absolute atomic E-state index is 11.6. The van der Waals surface area contributed by atoms with E-state index >= 15 is 0 Å². The van der Waals surface area contributed by atoms with Crippen molar-refractivity contribution in [2.24, 2.45) is 0 Å². The van der Waals surface area contributed by atoms with Gasteiger partial charge in [-0.25, -0.2) is 4.79 Å². The summed E-state index contributed by atoms with van der Waals surface area (Å²) in [4.78, 5) is 11.6. The Bertz CT molecular complexity index is 371. The highest BCUT2D eigenvalue weighted by molar-refractivity contribution is 7.98. The molecule has 0 aromatic heterocycles. The van der Waals surface area contributed by atoms with Gasteiger partial charge in [0.2, 0.25) is 0 Å². The van der Waals surface area contributed by atoms with Gasteiger partial charge in [-0.2, -0.15) is 11.8 Å². The van der Waals surface area contributed by atoms with E-state index in [1.54, 1.807) is 30.0 Å². The third-order valence-corrected chi connectivity index (χ3v) is 2.95. The normalized spacial score (nSPS) is 10.1. The number of benzene rings is 1. The molecule has 0 amide bonds. The lowest BCUT2D eigenvalue weighted by molar-refractivity contribution is 0.0506. The molecule has 0 bridgehead atoms. The maximum atomic E-state index is 11.6. The van der Waals surface area contributed by atoms with Crippen molar-refractivity contribution < 1.29 is 9.53 Å². The first-order valence-corrected chi connectivity index (χ1v) is 6.63. The van der Waals surface area contributed by atoms with Crippen LogP contribution in [0.1, 0.15) is 16.8 Å². The lowest BCUT2D eigenvalue weighted by Crippen LogP contribution is -2.07. The van der Waals surface area contributed by atoms with Gasteiger partial charge in [0.25, 0.3) is 0 Å². The molecule has 0 atom stereocenters. The first-order valence-electron chi connectivity index (χ1n) is 4.86. The first-order chi connectivity index (χ1) is 7.65. The molecular weight excluding hydrogens is 246 g/mol. The molecule has 1 aromatic carbocycles. The van der Waals surface area contributed by atoms with E-state index in [1.165, 1.54) is 0 Å². The molecule has 5 heteroatoms. The second-order valence-corrected chi connectivity index (χ2v) is 4.61. The van der Waals surface area contributed by atoms with Gasteiger partial charge in [0.1, 0.15) is 0 Å². The van der Waals surface area contributed by atoms with Crippen LogP contribution in [-0.4, -0.2) is 24.6 Å². The number of esters is 1. The van der Waals surface area contributed by atoms with Crippen molar-refractivity contribution >= 4 is 35.0 Å². The number of carbonyl (C=O) groups excluding carboxylic acids is 1. The van der Waals surface area contributed by atoms with Crippen molar-refractivity contribution in [3.05, 3.63) is 28.8 Å². The van der Waals surface area contributed by atoms with E-state index < -0.39 is 5.97 Å². The van der Waals surface area contributed by atoms with E-state index in [0.29, 0.717) is 22.9 Å². The molecule has 0 unspecified atom stereocenters. The summed E-state index contributed by atoms with van der Waals surface area (Å²) in [6.07, 6.45) is 2.86. The smallest absolute Gasteiger partial charge is 0.339 e. The van der Waals surface area contributed by atoms with Gasteiger partial charge >= 0.3 is 5.97 Å². The van der Waals surface area contributed by atoms with Crippen molar-refractivity contribution in [1.29, 1.82) is 0 Å². The van der Waals surface area contributed by atoms with Crippen molar-refractivity contribution in [1.82, 2.24) is 0 Å². The van der Waals surface area contributed by atoms with Gasteiger partial charge in [0.15, 0.2) is 0 Å². The van der Waals surface area contributed by atoms with E-state index in [-0.39, 0.29) is 0 Å². The molecule has 0 aliphatic rings. The highest BCUT2D eigenvalue weighted by Crippen LogP contribution is 2.19. The number of nitrogens with two attached hydrogens (primary N) is 1. The Kier molecular flexibility index (Phi) is 5.49. The molecule has 3 nitrogen and oxygen atoms in total. The first kappa shape index (κ1) is 13.2. The van der Waals surface area contributed by atoms with Crippen LogP contribution in [0.3, 0.4) is 0 Å². The SMILES string of the molecule is CSCCCOC(=O)c1ccc(N)cc1Cl. The minimum Gasteiger partial charge on any atom is -0.462 e. The van der Waals surface area contributed by atoms with E-state index in [4.69, 9.17) is 22.1 Å². The van der Waals surface area contributed by atoms with E-state index in [0.717, 1.165) is 12.2 Å². The molecule has 0 saturated carbocycles. The molecule has 0 radical (unpaired) electrons. The molecule has 0 aliphatic heterocycles. The van der Waals surface area contributed by atoms with Crippen LogP contribution in [-0.2, 0) is 4.74 Å². The predicted molar refractivity (Wildman–Crippen MR) is 69.1 cm³/mol. The summed E-state index contributed by atoms with van der Waals surface area (Å²) in [5.41, 5.74) is 6.42. The Morgan fingerprint density at radius 3 is 2.94 bits per heavy atom. The lowest BCUT2D eigenvalue weighted by Gasteiger charge is -2.06. The van der Waals surface area contributed by atoms with Gasteiger partial charge in [-0.3, -0.25) is 0 Å². The Hall–Kier alpha value is -0.870. The molecule has 0 aliphatic carbocycles. The summed E-state index contributed by atoms with van der Waals surface area (Å²) >= 11 is 7.60. The molecule has 0 spiro atoms. The fourth-order valence-corrected chi connectivity index (χ4v) is 1.82. The van der Waals surface area contributed by atoms with Crippen molar-refractivity contribution in [3.63, 3.8) is 0 Å². The third-order valence-electron chi connectivity index (χ3n) is 1.94. The van der Waals surface area contributed by atoms with Crippen LogP contribution in [0.25, 0.3) is 0 Å². The standard InChI is InChI=1S/C11H14ClNO2S/c1-16-6-2-5-15-11(14)9-4-3-8(13)7-10(9)12/h3-4,7H,2,5-6,13H2,1H3. The van der Waals surface area contributed by atoms with E-state index in [9.17, 15) is 4.79 Å². The molecular formula is C11H14ClNO2S. The number of ether oxygens (including phenoxy) is 1. The fraction of sp³-hybridized carbons (Fsp3) is 0.364. The van der Waals surface area contributed by atoms with Crippen LogP contribution in [0, 0.1) is 0 Å². The molecule has 1 rings (SSSR count). The van der Waals surface area contributed by atoms with Gasteiger partial charge in [0.05, 0.1) is 17.2 Å². The zero-order valence-electron chi connectivity index (χ0n) is 9.03. The van der Waals surface area contributed by atoms with Crippen molar-refractivity contribution in [3.8, 4) is 0 Å². The van der Waals surface area contributed by atoms with Gasteiger partial charge < -0.3 is 10.5 Å². The molecule has 1 aromatic rings. The van der Waals surface area contributed by atoms with Crippen molar-refractivity contribution in [2.75, 3.05) is 24.3 Å². The predicted octanol–water partition coefficient (Wildman–Crippen LogP) is 2.83. The van der Waals surface area contributed by atoms with Gasteiger partial charge in [-0.1, -0.05) is 11.6 Å². The van der Waals surface area contributed by atoms with Crippen LogP contribution < -0.4 is 5.73 Å². The average Bonchev–Trinajstić information content (AvgIpc) is 2.24. The molecule has 0 saturated heterocycles. The Balaban J connectivity index is 2.53. The Morgan fingerprint density at radius 1 is 1.56 bits per heavy atom. The number of thioether (sulfide) groups is 1. The van der Waals surface area contributed by atoms with Crippen molar-refractivity contribution in [2.45, 2.75) is 6.42 Å². The summed E-state index contributed by atoms with van der Waals surface area (Å²) in [5, 5.41) is 0.329. The molecule has 2 N–H and O–H groups in total. The molecule has 88 valence electrons. The average molecular weight is 260 g/mol. The minimum atomic E-state index is -0.397. The molecule has 0 fully saturated rings. The van der Waals surface area contributed by atoms with Gasteiger partial charge in [-0.15, -0.1) is 0 Å². The maximum Gasteiger partial charge on any atom is 0.339 e. The minimum absolute atomic E-state index is 0.329. The number of anilines is 1. The third kappa shape index (κ3) is 3.94. The second kappa shape index (κ2) is 6.66. The number of hydrogen-bond acceptors (Lipinski definition) is 4. The Morgan fingerprint density at radius 2 is 2.31 bits per heavy atom. The zero-order valence-corrected chi connectivity index (χ0v) is 10.6. The molecule has 0 heterocycles. The van der Waals surface area contributed by atoms with Gasteiger partial charge in [-0.05, 0) is 36.6 Å². The van der Waals surface area contributed by atoms with E-state index in [2.05, 4.69) is 0 Å². The van der Waals surface area contributed by atoms with Crippen LogP contribution >= 0.6 is 23.4 Å². The fourth-order valence-electron chi connectivity index (χ4n) is 1.14. The monoisotopic (exact) mass is 259 g/mol. The summed E-state index contributed by atoms with van der Waals surface area (Å²) in [6, 6.07) is 4.75. The topological polar surface area (TPSA) is 52.3 Å². The van der Waals surface area contributed by atoms with E-state index in [1.807, 2.05) is 6.26 Å². The number of hydrogen-bond donors (Lipinski definition) is 1. The number of carbonyl (C=O) groups is 1. The lowest BCUT2D eigenvalue weighted by atomic mass is 10.2. The summed E-state index contributed by atoms with van der Waals surface area (Å²) in [6.45, 7) is 0.417. The second-order valence-electron chi connectivity index (χ2n) is 3.22. The highest BCUT2D eigenvalue weighted by atomic mass is 35.5. The number of nitrogen functional groups attached to an aromatic ring is 1. The summed E-state index contributed by atoms with van der Waals surface area (Å²) in [5.74, 6) is 0.578. The van der Waals surface area contributed by atoms with Crippen LogP contribution in [0.2, 0.25) is 5.02 Å². The Labute approximate surface area is 104 Å². The largest absolute Gasteiger partial charge is 0.462 e.